The lowest BCUT2D eigenvalue weighted by Gasteiger charge is -2.15. The normalized spacial score (nSPS) is 13.9. The van der Waals surface area contributed by atoms with Crippen LogP contribution in [0.25, 0.3) is 0 Å². The second kappa shape index (κ2) is 9.12. The molecule has 2 amide bonds. The van der Waals surface area contributed by atoms with Gasteiger partial charge in [-0.05, 0) is 61.5 Å². The van der Waals surface area contributed by atoms with Crippen molar-refractivity contribution in [1.82, 2.24) is 9.97 Å². The topological polar surface area (TPSA) is 131 Å². The zero-order valence-corrected chi connectivity index (χ0v) is 19.5. The molecule has 174 valence electrons. The number of anilines is 3. The third-order valence-corrected chi connectivity index (χ3v) is 6.51. The first-order chi connectivity index (χ1) is 16.2. The minimum absolute atomic E-state index is 0.0445. The van der Waals surface area contributed by atoms with Crippen LogP contribution in [-0.4, -0.2) is 37.3 Å². The summed E-state index contributed by atoms with van der Waals surface area (Å²) in [6.07, 6.45) is 1.44. The van der Waals surface area contributed by atoms with Crippen molar-refractivity contribution >= 4 is 50.8 Å². The van der Waals surface area contributed by atoms with E-state index < -0.39 is 21.8 Å². The number of aryl methyl sites for hydroxylation is 1. The highest BCUT2D eigenvalue weighted by Gasteiger charge is 2.39. The fourth-order valence-corrected chi connectivity index (χ4v) is 4.28. The van der Waals surface area contributed by atoms with Gasteiger partial charge >= 0.3 is 0 Å². The quantitative estimate of drug-likeness (QED) is 0.474. The van der Waals surface area contributed by atoms with Crippen LogP contribution in [0.2, 0.25) is 0 Å². The Morgan fingerprint density at radius 1 is 0.971 bits per heavy atom. The van der Waals surface area contributed by atoms with Gasteiger partial charge in [0.15, 0.2) is 0 Å². The van der Waals surface area contributed by atoms with Gasteiger partial charge in [-0.2, -0.15) is 0 Å². The molecule has 0 atom stereocenters. The lowest BCUT2D eigenvalue weighted by Crippen LogP contribution is -2.32. The fourth-order valence-electron chi connectivity index (χ4n) is 3.12. The molecule has 1 aliphatic heterocycles. The first kappa shape index (κ1) is 23.2. The molecule has 0 unspecified atom stereocenters. The molecule has 1 aromatic heterocycles. The molecular formula is C22H18ClN5O5S. The summed E-state index contributed by atoms with van der Waals surface area (Å²) < 4.78 is 32.6. The van der Waals surface area contributed by atoms with E-state index in [1.807, 2.05) is 0 Å². The molecule has 12 heteroatoms. The molecule has 1 aliphatic rings. The molecule has 2 heterocycles. The molecular weight excluding hydrogens is 482 g/mol. The van der Waals surface area contributed by atoms with Gasteiger partial charge in [-0.15, -0.1) is 0 Å². The number of ether oxygens (including phenoxy) is 1. The fraction of sp³-hybridized carbons (Fsp3) is 0.0909. The number of imide groups is 1. The summed E-state index contributed by atoms with van der Waals surface area (Å²) in [7, 11) is -2.43. The van der Waals surface area contributed by atoms with E-state index in [2.05, 4.69) is 20.0 Å². The molecule has 0 aliphatic carbocycles. The average Bonchev–Trinajstić information content (AvgIpc) is 3.02. The predicted molar refractivity (Wildman–Crippen MR) is 126 cm³/mol. The summed E-state index contributed by atoms with van der Waals surface area (Å²) in [6, 6.07) is 13.5. The summed E-state index contributed by atoms with van der Waals surface area (Å²) in [5.41, 5.74) is 1.18. The van der Waals surface area contributed by atoms with E-state index in [4.69, 9.17) is 16.3 Å². The van der Waals surface area contributed by atoms with Crippen molar-refractivity contribution in [2.75, 3.05) is 22.0 Å². The van der Waals surface area contributed by atoms with Crippen LogP contribution < -0.4 is 19.7 Å². The number of carbonyl (C=O) groups excluding carboxylic acids is 2. The number of sulfonamides is 1. The maximum absolute atomic E-state index is 12.9. The van der Waals surface area contributed by atoms with E-state index in [9.17, 15) is 18.0 Å². The number of methoxy groups -OCH3 is 1. The van der Waals surface area contributed by atoms with Crippen LogP contribution in [0.1, 0.15) is 5.69 Å². The van der Waals surface area contributed by atoms with Crippen LogP contribution in [0.5, 0.6) is 5.75 Å². The SMILES string of the molecule is COc1ccc(N2C(=O)C(Cl)=C(Nc3ccc(S(=O)(=O)Nc4nccc(C)n4)cc3)C2=O)cc1. The number of amides is 2. The van der Waals surface area contributed by atoms with Gasteiger partial charge in [-0.3, -0.25) is 9.59 Å². The van der Waals surface area contributed by atoms with E-state index in [0.29, 0.717) is 22.8 Å². The lowest BCUT2D eigenvalue weighted by atomic mass is 10.2. The number of halogens is 1. The van der Waals surface area contributed by atoms with Crippen molar-refractivity contribution in [2.45, 2.75) is 11.8 Å². The van der Waals surface area contributed by atoms with Crippen molar-refractivity contribution in [3.8, 4) is 5.75 Å². The highest BCUT2D eigenvalue weighted by molar-refractivity contribution is 7.92. The maximum atomic E-state index is 12.9. The van der Waals surface area contributed by atoms with Crippen molar-refractivity contribution in [3.63, 3.8) is 0 Å². The Morgan fingerprint density at radius 2 is 1.65 bits per heavy atom. The van der Waals surface area contributed by atoms with Gasteiger partial charge in [0.25, 0.3) is 21.8 Å². The number of benzene rings is 2. The Kier molecular flexibility index (Phi) is 6.22. The van der Waals surface area contributed by atoms with Gasteiger partial charge in [0.05, 0.1) is 17.7 Å². The van der Waals surface area contributed by atoms with E-state index in [-0.39, 0.29) is 21.6 Å². The van der Waals surface area contributed by atoms with Crippen LogP contribution in [0.3, 0.4) is 0 Å². The molecule has 2 N–H and O–H groups in total. The van der Waals surface area contributed by atoms with Crippen molar-refractivity contribution in [2.24, 2.45) is 0 Å². The van der Waals surface area contributed by atoms with E-state index >= 15 is 0 Å². The molecule has 0 spiro atoms. The Labute approximate surface area is 200 Å². The first-order valence-electron chi connectivity index (χ1n) is 9.82. The lowest BCUT2D eigenvalue weighted by molar-refractivity contribution is -0.120. The third kappa shape index (κ3) is 4.56. The van der Waals surface area contributed by atoms with Gasteiger partial charge in [-0.25, -0.2) is 28.0 Å². The van der Waals surface area contributed by atoms with Crippen LogP contribution in [0, 0.1) is 6.92 Å². The van der Waals surface area contributed by atoms with E-state index in [1.165, 1.54) is 37.6 Å². The number of nitrogens with zero attached hydrogens (tertiary/aromatic N) is 3. The summed E-state index contributed by atoms with van der Waals surface area (Å²) in [5.74, 6) is -0.803. The van der Waals surface area contributed by atoms with E-state index in [0.717, 1.165) is 4.90 Å². The van der Waals surface area contributed by atoms with Crippen LogP contribution >= 0.6 is 11.6 Å². The monoisotopic (exact) mass is 499 g/mol. The third-order valence-electron chi connectivity index (χ3n) is 4.81. The van der Waals surface area contributed by atoms with Gasteiger partial charge in [0.1, 0.15) is 16.5 Å². The van der Waals surface area contributed by atoms with Crippen LogP contribution in [0.15, 0.2) is 76.4 Å². The number of nitrogens with one attached hydrogen (secondary N) is 2. The summed E-state index contributed by atoms with van der Waals surface area (Å²) in [4.78, 5) is 34.3. The standard InChI is InChI=1S/C22H18ClN5O5S/c1-13-11-12-24-22(25-13)27-34(31,32)17-9-3-14(4-10-17)26-19-18(23)20(29)28(21(19)30)15-5-7-16(33-2)8-6-15/h3-12,26H,1-2H3,(H,24,25,27). The molecule has 0 bridgehead atoms. The minimum Gasteiger partial charge on any atom is -0.497 e. The highest BCUT2D eigenvalue weighted by atomic mass is 35.5. The Bertz CT molecular complexity index is 1410. The molecule has 0 saturated heterocycles. The zero-order chi connectivity index (χ0) is 24.5. The van der Waals surface area contributed by atoms with Crippen LogP contribution in [-0.2, 0) is 19.6 Å². The average molecular weight is 500 g/mol. The Hall–Kier alpha value is -3.96. The summed E-state index contributed by atoms with van der Waals surface area (Å²) in [5, 5.41) is 2.52. The molecule has 3 aromatic rings. The van der Waals surface area contributed by atoms with E-state index in [1.54, 1.807) is 37.3 Å². The molecule has 2 aromatic carbocycles. The zero-order valence-electron chi connectivity index (χ0n) is 17.9. The van der Waals surface area contributed by atoms with Gasteiger partial charge in [0.2, 0.25) is 5.95 Å². The number of carbonyl (C=O) groups is 2. The second-order valence-electron chi connectivity index (χ2n) is 7.11. The molecule has 0 fully saturated rings. The highest BCUT2D eigenvalue weighted by Crippen LogP contribution is 2.31. The van der Waals surface area contributed by atoms with Gasteiger partial charge in [0, 0.05) is 17.6 Å². The second-order valence-corrected chi connectivity index (χ2v) is 9.17. The van der Waals surface area contributed by atoms with Crippen LogP contribution in [0.4, 0.5) is 17.3 Å². The molecule has 34 heavy (non-hydrogen) atoms. The predicted octanol–water partition coefficient (Wildman–Crippen LogP) is 3.03. The largest absolute Gasteiger partial charge is 0.497 e. The van der Waals surface area contributed by atoms with Gasteiger partial charge < -0.3 is 10.1 Å². The summed E-state index contributed by atoms with van der Waals surface area (Å²) in [6.45, 7) is 1.71. The maximum Gasteiger partial charge on any atom is 0.283 e. The Balaban J connectivity index is 1.51. The number of rotatable bonds is 7. The summed E-state index contributed by atoms with van der Waals surface area (Å²) >= 11 is 6.14. The Morgan fingerprint density at radius 3 is 2.26 bits per heavy atom. The number of hydrogen-bond acceptors (Lipinski definition) is 8. The molecule has 4 rings (SSSR count). The van der Waals surface area contributed by atoms with Gasteiger partial charge in [-0.1, -0.05) is 11.6 Å². The minimum atomic E-state index is -3.94. The molecule has 0 saturated carbocycles. The van der Waals surface area contributed by atoms with Crippen molar-refractivity contribution in [3.05, 3.63) is 77.2 Å². The number of aromatic nitrogens is 2. The van der Waals surface area contributed by atoms with Crippen molar-refractivity contribution in [1.29, 1.82) is 0 Å². The molecule has 0 radical (unpaired) electrons. The molecule has 10 nitrogen and oxygen atoms in total. The first-order valence-corrected chi connectivity index (χ1v) is 11.7. The van der Waals surface area contributed by atoms with Crippen molar-refractivity contribution < 1.29 is 22.7 Å². The smallest absolute Gasteiger partial charge is 0.283 e. The number of hydrogen-bond donors (Lipinski definition) is 2.